The van der Waals surface area contributed by atoms with Crippen molar-refractivity contribution < 1.29 is 21.6 Å². The summed E-state index contributed by atoms with van der Waals surface area (Å²) in [5, 5.41) is 0.616. The zero-order chi connectivity index (χ0) is 22.9. The highest BCUT2D eigenvalue weighted by Crippen LogP contribution is 2.33. The summed E-state index contributed by atoms with van der Waals surface area (Å²) in [6, 6.07) is 9.96. The standard InChI is InChI=1S/C19H18Br2I2O5S2/c1-29(25,26)17-7-11(3-5-15(17)22)13(9-20)19(24)14(10-21)12-4-6-16(23)18(8-12)30(2,27)28/h3-8,13-14H,9-10H2,1-2H3. The molecule has 30 heavy (non-hydrogen) atoms. The van der Waals surface area contributed by atoms with Crippen molar-refractivity contribution in [2.24, 2.45) is 0 Å². The van der Waals surface area contributed by atoms with Crippen molar-refractivity contribution in [2.45, 2.75) is 21.6 Å². The highest BCUT2D eigenvalue weighted by Gasteiger charge is 2.30. The first-order valence-corrected chi connectivity index (χ1v) is 16.6. The number of hydrogen-bond acceptors (Lipinski definition) is 5. The largest absolute Gasteiger partial charge is 0.298 e. The van der Waals surface area contributed by atoms with Gasteiger partial charge in [-0.15, -0.1) is 0 Å². The first-order chi connectivity index (χ1) is 13.8. The number of alkyl halides is 2. The van der Waals surface area contributed by atoms with E-state index in [-0.39, 0.29) is 15.6 Å². The van der Waals surface area contributed by atoms with Gasteiger partial charge in [-0.25, -0.2) is 16.8 Å². The Hall–Kier alpha value is 0.430. The third-order valence-electron chi connectivity index (χ3n) is 4.51. The van der Waals surface area contributed by atoms with Gasteiger partial charge in [0.15, 0.2) is 19.7 Å². The summed E-state index contributed by atoms with van der Waals surface area (Å²) in [5.74, 6) is -1.32. The van der Waals surface area contributed by atoms with E-state index in [1.165, 1.54) is 0 Å². The van der Waals surface area contributed by atoms with Crippen LogP contribution in [0.1, 0.15) is 23.0 Å². The van der Waals surface area contributed by atoms with Crippen LogP contribution in [0.2, 0.25) is 0 Å². The third kappa shape index (κ3) is 6.27. The maximum absolute atomic E-state index is 13.4. The number of carbonyl (C=O) groups is 1. The van der Waals surface area contributed by atoms with Crippen LogP contribution in [0.3, 0.4) is 0 Å². The third-order valence-corrected chi connectivity index (χ3v) is 10.7. The molecule has 0 bridgehead atoms. The Morgan fingerprint density at radius 1 is 0.800 bits per heavy atom. The van der Waals surface area contributed by atoms with Crippen molar-refractivity contribution in [3.05, 3.63) is 54.7 Å². The predicted octanol–water partition coefficient (Wildman–Crippen LogP) is 4.93. The molecule has 0 saturated carbocycles. The van der Waals surface area contributed by atoms with Crippen LogP contribution < -0.4 is 0 Å². The molecule has 2 atom stereocenters. The molecule has 0 radical (unpaired) electrons. The van der Waals surface area contributed by atoms with Crippen molar-refractivity contribution in [1.29, 1.82) is 0 Å². The van der Waals surface area contributed by atoms with Crippen LogP contribution in [0.4, 0.5) is 0 Å². The van der Waals surface area contributed by atoms with E-state index in [2.05, 4.69) is 31.9 Å². The molecule has 2 aromatic carbocycles. The Bertz CT molecular complexity index is 1090. The van der Waals surface area contributed by atoms with Gasteiger partial charge in [-0.1, -0.05) is 44.0 Å². The normalized spacial score (nSPS) is 14.3. The molecule has 11 heteroatoms. The fourth-order valence-corrected chi connectivity index (χ4v) is 8.94. The molecule has 164 valence electrons. The molecule has 0 fully saturated rings. The van der Waals surface area contributed by atoms with E-state index < -0.39 is 31.5 Å². The van der Waals surface area contributed by atoms with Crippen LogP contribution in [0, 0.1) is 7.14 Å². The molecular formula is C19H18Br2I2O5S2. The zero-order valence-corrected chi connectivity index (χ0v) is 25.0. The molecular weight excluding hydrogens is 786 g/mol. The van der Waals surface area contributed by atoms with Gasteiger partial charge in [0, 0.05) is 30.3 Å². The van der Waals surface area contributed by atoms with Gasteiger partial charge in [-0.05, 0) is 80.6 Å². The maximum atomic E-state index is 13.4. The van der Waals surface area contributed by atoms with Gasteiger partial charge in [-0.3, -0.25) is 4.79 Å². The van der Waals surface area contributed by atoms with Gasteiger partial charge in [-0.2, -0.15) is 0 Å². The minimum Gasteiger partial charge on any atom is -0.298 e. The molecule has 5 nitrogen and oxygen atoms in total. The monoisotopic (exact) mass is 802 g/mol. The zero-order valence-electron chi connectivity index (χ0n) is 15.9. The minimum atomic E-state index is -3.44. The number of hydrogen-bond donors (Lipinski definition) is 0. The molecule has 0 aromatic heterocycles. The highest BCUT2D eigenvalue weighted by molar-refractivity contribution is 14.1. The summed E-state index contributed by atoms with van der Waals surface area (Å²) in [6.07, 6.45) is 2.28. The first-order valence-electron chi connectivity index (χ1n) is 8.46. The van der Waals surface area contributed by atoms with Crippen molar-refractivity contribution in [3.63, 3.8) is 0 Å². The Labute approximate surface area is 221 Å². The van der Waals surface area contributed by atoms with Crippen LogP contribution in [-0.4, -0.2) is 45.8 Å². The maximum Gasteiger partial charge on any atom is 0.176 e. The average Bonchev–Trinajstić information content (AvgIpc) is 2.63. The SMILES string of the molecule is CS(=O)(=O)c1cc(C(CBr)C(=O)C(CBr)c2ccc(I)c(S(C)(=O)=O)c2)ccc1I. The lowest BCUT2D eigenvalue weighted by molar-refractivity contribution is -0.121. The minimum absolute atomic E-state index is 0.134. The quantitative estimate of drug-likeness (QED) is 0.280. The summed E-state index contributed by atoms with van der Waals surface area (Å²) in [5.41, 5.74) is 1.19. The molecule has 0 saturated heterocycles. The fraction of sp³-hybridized carbons (Fsp3) is 0.316. The first kappa shape index (κ1) is 26.7. The Morgan fingerprint density at radius 3 is 1.40 bits per heavy atom. The summed E-state index contributed by atoms with van der Waals surface area (Å²) in [7, 11) is -6.88. The predicted molar refractivity (Wildman–Crippen MR) is 143 cm³/mol. The van der Waals surface area contributed by atoms with Crippen molar-refractivity contribution in [3.8, 4) is 0 Å². The topological polar surface area (TPSA) is 85.3 Å². The van der Waals surface area contributed by atoms with Crippen LogP contribution in [-0.2, 0) is 24.5 Å². The number of benzene rings is 2. The Kier molecular flexibility index (Phi) is 9.40. The van der Waals surface area contributed by atoms with Crippen molar-refractivity contribution in [1.82, 2.24) is 0 Å². The molecule has 0 aliphatic heterocycles. The summed E-state index contributed by atoms with van der Waals surface area (Å²) in [6.45, 7) is 0. The van der Waals surface area contributed by atoms with E-state index in [1.54, 1.807) is 36.4 Å². The molecule has 2 aromatic rings. The smallest absolute Gasteiger partial charge is 0.176 e. The van der Waals surface area contributed by atoms with Gasteiger partial charge in [0.05, 0.1) is 21.6 Å². The highest BCUT2D eigenvalue weighted by atomic mass is 127. The van der Waals surface area contributed by atoms with Crippen LogP contribution in [0.5, 0.6) is 0 Å². The molecule has 0 heterocycles. The average molecular weight is 804 g/mol. The lowest BCUT2D eigenvalue weighted by Crippen LogP contribution is -2.24. The molecule has 0 amide bonds. The second kappa shape index (κ2) is 10.6. The summed E-state index contributed by atoms with van der Waals surface area (Å²) >= 11 is 10.7. The van der Waals surface area contributed by atoms with E-state index in [4.69, 9.17) is 0 Å². The van der Waals surface area contributed by atoms with Gasteiger partial charge in [0.1, 0.15) is 5.78 Å². The molecule has 2 unspecified atom stereocenters. The van der Waals surface area contributed by atoms with Crippen molar-refractivity contribution in [2.75, 3.05) is 23.2 Å². The lowest BCUT2D eigenvalue weighted by Gasteiger charge is -2.22. The van der Waals surface area contributed by atoms with Crippen LogP contribution >= 0.6 is 77.0 Å². The number of carbonyl (C=O) groups excluding carboxylic acids is 1. The van der Waals surface area contributed by atoms with Crippen LogP contribution in [0.15, 0.2) is 46.2 Å². The fourth-order valence-electron chi connectivity index (χ4n) is 2.94. The van der Waals surface area contributed by atoms with E-state index in [0.717, 1.165) is 12.5 Å². The Morgan fingerprint density at radius 2 is 1.13 bits per heavy atom. The Balaban J connectivity index is 2.53. The van der Waals surface area contributed by atoms with Crippen LogP contribution in [0.25, 0.3) is 0 Å². The molecule has 0 aliphatic carbocycles. The molecule has 0 spiro atoms. The van der Waals surface area contributed by atoms with Gasteiger partial charge >= 0.3 is 0 Å². The molecule has 0 N–H and O–H groups in total. The van der Waals surface area contributed by atoms with E-state index in [0.29, 0.717) is 28.9 Å². The van der Waals surface area contributed by atoms with Gasteiger partial charge in [0.2, 0.25) is 0 Å². The molecule has 0 aliphatic rings. The van der Waals surface area contributed by atoms with Gasteiger partial charge < -0.3 is 0 Å². The number of ketones is 1. The van der Waals surface area contributed by atoms with E-state index in [1.807, 2.05) is 45.2 Å². The second-order valence-electron chi connectivity index (χ2n) is 6.74. The number of sulfone groups is 2. The van der Waals surface area contributed by atoms with Crippen molar-refractivity contribution >= 4 is 102 Å². The summed E-state index contributed by atoms with van der Waals surface area (Å²) < 4.78 is 49.6. The number of Topliss-reactive ketones (excluding diaryl/α,β-unsaturated/α-hetero) is 1. The number of halogens is 4. The second-order valence-corrected chi connectivity index (χ2v) is 14.3. The lowest BCUT2D eigenvalue weighted by atomic mass is 9.86. The van der Waals surface area contributed by atoms with E-state index >= 15 is 0 Å². The summed E-state index contributed by atoms with van der Waals surface area (Å²) in [4.78, 5) is 13.8. The van der Waals surface area contributed by atoms with E-state index in [9.17, 15) is 21.6 Å². The number of rotatable bonds is 8. The van der Waals surface area contributed by atoms with Gasteiger partial charge in [0.25, 0.3) is 0 Å². The molecule has 2 rings (SSSR count).